The quantitative estimate of drug-likeness (QED) is 0.508. The lowest BCUT2D eigenvalue weighted by molar-refractivity contribution is -0.384. The first-order chi connectivity index (χ1) is 13.9. The van der Waals surface area contributed by atoms with E-state index >= 15 is 0 Å². The van der Waals surface area contributed by atoms with Gasteiger partial charge in [0, 0.05) is 36.6 Å². The summed E-state index contributed by atoms with van der Waals surface area (Å²) in [5, 5.41) is 21.8. The molecule has 2 N–H and O–H groups in total. The number of hydrogen-bond donors (Lipinski definition) is 2. The Bertz CT molecular complexity index is 1090. The molecule has 2 aromatic heterocycles. The fourth-order valence-electron chi connectivity index (χ4n) is 3.67. The molecule has 0 saturated carbocycles. The summed E-state index contributed by atoms with van der Waals surface area (Å²) >= 11 is 0. The van der Waals surface area contributed by atoms with Crippen LogP contribution in [0, 0.1) is 17.0 Å². The Balaban J connectivity index is 1.68. The lowest BCUT2D eigenvalue weighted by Crippen LogP contribution is -2.24. The molecule has 29 heavy (non-hydrogen) atoms. The number of hydrogen-bond acceptors (Lipinski definition) is 6. The summed E-state index contributed by atoms with van der Waals surface area (Å²) in [5.41, 5.74) is 3.44. The second kappa shape index (κ2) is 7.34. The number of nitrogens with one attached hydrogen (secondary N) is 2. The van der Waals surface area contributed by atoms with Crippen molar-refractivity contribution in [2.45, 2.75) is 32.7 Å². The molecule has 0 saturated heterocycles. The molecule has 9 heteroatoms. The maximum atomic E-state index is 11.6. The van der Waals surface area contributed by atoms with Crippen molar-refractivity contribution in [3.63, 3.8) is 0 Å². The van der Waals surface area contributed by atoms with Gasteiger partial charge in [0.25, 0.3) is 0 Å². The highest BCUT2D eigenvalue weighted by molar-refractivity contribution is 5.74. The number of nitro groups is 1. The van der Waals surface area contributed by atoms with Crippen LogP contribution in [0.3, 0.4) is 0 Å². The number of amides is 1. The van der Waals surface area contributed by atoms with E-state index in [1.54, 1.807) is 30.1 Å². The highest BCUT2D eigenvalue weighted by Gasteiger charge is 2.24. The van der Waals surface area contributed by atoms with Crippen molar-refractivity contribution in [2.24, 2.45) is 0 Å². The normalized spacial score (nSPS) is 15.0. The molecule has 1 atom stereocenters. The Kier molecular flexibility index (Phi) is 4.71. The number of benzene rings is 1. The summed E-state index contributed by atoms with van der Waals surface area (Å²) in [7, 11) is 0. The van der Waals surface area contributed by atoms with E-state index in [9.17, 15) is 14.9 Å². The number of aromatic nitrogens is 3. The number of pyridine rings is 1. The van der Waals surface area contributed by atoms with Gasteiger partial charge in [0.1, 0.15) is 0 Å². The number of fused-ring (bicyclic) bond motifs is 1. The van der Waals surface area contributed by atoms with E-state index < -0.39 is 4.92 Å². The molecule has 4 rings (SSSR count). The Labute approximate surface area is 166 Å². The second-order valence-corrected chi connectivity index (χ2v) is 7.03. The average molecular weight is 392 g/mol. The fourth-order valence-corrected chi connectivity index (χ4v) is 3.67. The molecule has 1 aromatic carbocycles. The summed E-state index contributed by atoms with van der Waals surface area (Å²) in [4.78, 5) is 27.0. The zero-order valence-electron chi connectivity index (χ0n) is 16.0. The van der Waals surface area contributed by atoms with E-state index in [2.05, 4.69) is 20.7 Å². The molecule has 9 nitrogen and oxygen atoms in total. The molecule has 0 unspecified atom stereocenters. The van der Waals surface area contributed by atoms with E-state index in [1.807, 2.05) is 18.2 Å². The molecule has 0 spiro atoms. The summed E-state index contributed by atoms with van der Waals surface area (Å²) < 4.78 is 1.57. The van der Waals surface area contributed by atoms with E-state index in [1.165, 1.54) is 13.0 Å². The van der Waals surface area contributed by atoms with Crippen molar-refractivity contribution in [1.82, 2.24) is 20.1 Å². The SMILES string of the molecule is CC(=O)N[C@H]1CCc2cc(Nc3nc(-n4cccn4)c(C)cc3[N+](=O)[O-])ccc21. The number of aryl methyl sites for hydroxylation is 2. The van der Waals surface area contributed by atoms with Crippen LogP contribution in [-0.2, 0) is 11.2 Å². The minimum Gasteiger partial charge on any atom is -0.350 e. The molecule has 0 fully saturated rings. The van der Waals surface area contributed by atoms with Gasteiger partial charge in [-0.3, -0.25) is 14.9 Å². The molecule has 1 amide bonds. The first-order valence-electron chi connectivity index (χ1n) is 9.25. The zero-order chi connectivity index (χ0) is 20.5. The monoisotopic (exact) mass is 392 g/mol. The first-order valence-corrected chi connectivity index (χ1v) is 9.25. The largest absolute Gasteiger partial charge is 0.350 e. The minimum atomic E-state index is -0.449. The van der Waals surface area contributed by atoms with Crippen molar-refractivity contribution >= 4 is 23.1 Å². The number of nitrogens with zero attached hydrogens (tertiary/aromatic N) is 4. The molecule has 0 bridgehead atoms. The van der Waals surface area contributed by atoms with Crippen LogP contribution in [0.25, 0.3) is 5.82 Å². The third-order valence-corrected chi connectivity index (χ3v) is 4.95. The second-order valence-electron chi connectivity index (χ2n) is 7.03. The van der Waals surface area contributed by atoms with Crippen LogP contribution in [0.15, 0.2) is 42.7 Å². The highest BCUT2D eigenvalue weighted by Crippen LogP contribution is 2.35. The maximum absolute atomic E-state index is 11.6. The minimum absolute atomic E-state index is 0.00908. The molecule has 1 aliphatic rings. The van der Waals surface area contributed by atoms with E-state index in [0.29, 0.717) is 17.1 Å². The van der Waals surface area contributed by atoms with Crippen molar-refractivity contribution in [3.8, 4) is 5.82 Å². The predicted octanol–water partition coefficient (Wildman–Crippen LogP) is 3.35. The van der Waals surface area contributed by atoms with Gasteiger partial charge in [-0.15, -0.1) is 0 Å². The topological polar surface area (TPSA) is 115 Å². The van der Waals surface area contributed by atoms with E-state index in [-0.39, 0.29) is 23.5 Å². The zero-order valence-corrected chi connectivity index (χ0v) is 16.0. The van der Waals surface area contributed by atoms with Crippen LogP contribution in [0.1, 0.15) is 36.1 Å². The average Bonchev–Trinajstić information content (AvgIpc) is 3.32. The lowest BCUT2D eigenvalue weighted by Gasteiger charge is -2.14. The van der Waals surface area contributed by atoms with E-state index in [0.717, 1.165) is 24.0 Å². The molecule has 0 radical (unpaired) electrons. The number of rotatable bonds is 5. The predicted molar refractivity (Wildman–Crippen MR) is 107 cm³/mol. The van der Waals surface area contributed by atoms with Gasteiger partial charge < -0.3 is 10.6 Å². The molecule has 0 aliphatic heterocycles. The smallest absolute Gasteiger partial charge is 0.312 e. The summed E-state index contributed by atoms with van der Waals surface area (Å²) in [5.74, 6) is 0.619. The van der Waals surface area contributed by atoms with Gasteiger partial charge in [-0.05, 0) is 49.1 Å². The number of carbonyl (C=O) groups is 1. The van der Waals surface area contributed by atoms with Crippen LogP contribution in [0.5, 0.6) is 0 Å². The highest BCUT2D eigenvalue weighted by atomic mass is 16.6. The van der Waals surface area contributed by atoms with Gasteiger partial charge in [-0.1, -0.05) is 6.07 Å². The first kappa shape index (κ1) is 18.6. The van der Waals surface area contributed by atoms with Gasteiger partial charge >= 0.3 is 5.69 Å². The maximum Gasteiger partial charge on any atom is 0.312 e. The van der Waals surface area contributed by atoms with Gasteiger partial charge in [0.05, 0.1) is 11.0 Å². The molecule has 148 valence electrons. The van der Waals surface area contributed by atoms with Gasteiger partial charge in [-0.2, -0.15) is 5.10 Å². The van der Waals surface area contributed by atoms with Crippen molar-refractivity contribution in [3.05, 3.63) is 69.5 Å². The third kappa shape index (κ3) is 3.66. The Morgan fingerprint density at radius 2 is 2.17 bits per heavy atom. The van der Waals surface area contributed by atoms with Crippen molar-refractivity contribution < 1.29 is 9.72 Å². The van der Waals surface area contributed by atoms with Gasteiger partial charge in [0.2, 0.25) is 11.7 Å². The molecule has 1 aliphatic carbocycles. The van der Waals surface area contributed by atoms with Crippen LogP contribution in [0.4, 0.5) is 17.2 Å². The van der Waals surface area contributed by atoms with Gasteiger partial charge in [-0.25, -0.2) is 9.67 Å². The fraction of sp³-hybridized carbons (Fsp3) is 0.250. The summed E-state index contributed by atoms with van der Waals surface area (Å²) in [6.07, 6.45) is 5.03. The van der Waals surface area contributed by atoms with Gasteiger partial charge in [0.15, 0.2) is 5.82 Å². The van der Waals surface area contributed by atoms with Crippen molar-refractivity contribution in [1.29, 1.82) is 0 Å². The van der Waals surface area contributed by atoms with E-state index in [4.69, 9.17) is 0 Å². The van der Waals surface area contributed by atoms with Crippen LogP contribution < -0.4 is 10.6 Å². The Morgan fingerprint density at radius 3 is 2.86 bits per heavy atom. The lowest BCUT2D eigenvalue weighted by atomic mass is 10.1. The Hall–Kier alpha value is -3.75. The molecule has 3 aromatic rings. The number of carbonyl (C=O) groups excluding carboxylic acids is 1. The molecular weight excluding hydrogens is 372 g/mol. The molecular formula is C20H20N6O3. The standard InChI is InChI=1S/C20H20N6O3/c1-12-10-18(26(28)29)19(24-20(12)25-9-3-8-21-25)23-15-5-6-16-14(11-15)4-7-17(16)22-13(2)27/h3,5-6,8-11,17H,4,7H2,1-2H3,(H,22,27)(H,23,24)/t17-/m0/s1. The van der Waals surface area contributed by atoms with Crippen LogP contribution in [-0.4, -0.2) is 25.6 Å². The third-order valence-electron chi connectivity index (χ3n) is 4.95. The Morgan fingerprint density at radius 1 is 1.34 bits per heavy atom. The number of anilines is 2. The van der Waals surface area contributed by atoms with Crippen LogP contribution >= 0.6 is 0 Å². The summed E-state index contributed by atoms with van der Waals surface area (Å²) in [6, 6.07) is 9.01. The molecule has 2 heterocycles. The summed E-state index contributed by atoms with van der Waals surface area (Å²) in [6.45, 7) is 3.27. The van der Waals surface area contributed by atoms with Crippen LogP contribution in [0.2, 0.25) is 0 Å². The van der Waals surface area contributed by atoms with Crippen molar-refractivity contribution in [2.75, 3.05) is 5.32 Å².